The second kappa shape index (κ2) is 5.63. The second-order valence-electron chi connectivity index (χ2n) is 5.83. The van der Waals surface area contributed by atoms with Crippen molar-refractivity contribution in [2.24, 2.45) is 0 Å². The minimum atomic E-state index is -0.419. The van der Waals surface area contributed by atoms with E-state index in [1.54, 1.807) is 6.07 Å². The van der Waals surface area contributed by atoms with Gasteiger partial charge in [-0.15, -0.1) is 0 Å². The summed E-state index contributed by atoms with van der Waals surface area (Å²) in [5.74, 6) is 0.614. The third-order valence-electron chi connectivity index (χ3n) is 3.07. The van der Waals surface area contributed by atoms with E-state index in [-0.39, 0.29) is 12.0 Å². The fraction of sp³-hybridized carbons (Fsp3) is 0.294. The molecule has 0 aliphatic heterocycles. The molecule has 0 saturated heterocycles. The number of aliphatic hydroxyl groups is 1. The highest BCUT2D eigenvalue weighted by Gasteiger charge is 2.13. The maximum atomic E-state index is 13.3. The largest absolute Gasteiger partial charge is 0.457 e. The first-order valence-electron chi connectivity index (χ1n) is 6.57. The molecule has 0 amide bonds. The standard InChI is InChI=1S/C17H19FO2/c1-17(2,3)13-4-6-15(7-5-13)20-16-9-12(11-19)8-14(18)10-16/h4-10,19H,11H2,1-3H3. The number of ether oxygens (including phenoxy) is 1. The minimum absolute atomic E-state index is 0.0848. The van der Waals surface area contributed by atoms with Crippen LogP contribution in [-0.4, -0.2) is 5.11 Å². The van der Waals surface area contributed by atoms with Crippen molar-refractivity contribution in [3.8, 4) is 11.5 Å². The molecule has 3 heteroatoms. The minimum Gasteiger partial charge on any atom is -0.457 e. The summed E-state index contributed by atoms with van der Waals surface area (Å²) < 4.78 is 19.0. The van der Waals surface area contributed by atoms with Crippen LogP contribution in [0.15, 0.2) is 42.5 Å². The smallest absolute Gasteiger partial charge is 0.130 e. The van der Waals surface area contributed by atoms with Gasteiger partial charge in [-0.3, -0.25) is 0 Å². The number of aliphatic hydroxyl groups excluding tert-OH is 1. The zero-order chi connectivity index (χ0) is 14.8. The Morgan fingerprint density at radius 1 is 1.00 bits per heavy atom. The number of benzene rings is 2. The van der Waals surface area contributed by atoms with Gasteiger partial charge in [0.15, 0.2) is 0 Å². The van der Waals surface area contributed by atoms with Crippen LogP contribution in [0.5, 0.6) is 11.5 Å². The molecule has 2 rings (SSSR count). The highest BCUT2D eigenvalue weighted by atomic mass is 19.1. The number of hydrogen-bond donors (Lipinski definition) is 1. The molecule has 0 aliphatic carbocycles. The van der Waals surface area contributed by atoms with E-state index in [1.165, 1.54) is 17.7 Å². The van der Waals surface area contributed by atoms with Crippen LogP contribution >= 0.6 is 0 Å². The Morgan fingerprint density at radius 2 is 1.65 bits per heavy atom. The fourth-order valence-corrected chi connectivity index (χ4v) is 1.93. The lowest BCUT2D eigenvalue weighted by Gasteiger charge is -2.19. The van der Waals surface area contributed by atoms with E-state index in [1.807, 2.05) is 24.3 Å². The van der Waals surface area contributed by atoms with Gasteiger partial charge in [-0.25, -0.2) is 4.39 Å². The van der Waals surface area contributed by atoms with Crippen molar-refractivity contribution in [2.45, 2.75) is 32.8 Å². The number of hydrogen-bond acceptors (Lipinski definition) is 2. The van der Waals surface area contributed by atoms with Crippen LogP contribution < -0.4 is 4.74 Å². The molecular formula is C17H19FO2. The Balaban J connectivity index is 2.20. The molecule has 20 heavy (non-hydrogen) atoms. The molecule has 0 heterocycles. The van der Waals surface area contributed by atoms with Crippen LogP contribution in [0.25, 0.3) is 0 Å². The summed E-state index contributed by atoms with van der Waals surface area (Å²) in [6.07, 6.45) is 0. The summed E-state index contributed by atoms with van der Waals surface area (Å²) in [6.45, 7) is 6.21. The molecule has 0 bridgehead atoms. The first kappa shape index (κ1) is 14.5. The third kappa shape index (κ3) is 3.58. The van der Waals surface area contributed by atoms with E-state index < -0.39 is 5.82 Å². The maximum absolute atomic E-state index is 13.3. The lowest BCUT2D eigenvalue weighted by Crippen LogP contribution is -2.10. The van der Waals surface area contributed by atoms with Crippen molar-refractivity contribution < 1.29 is 14.2 Å². The summed E-state index contributed by atoms with van der Waals surface area (Å²) in [5.41, 5.74) is 1.79. The predicted molar refractivity (Wildman–Crippen MR) is 77.5 cm³/mol. The zero-order valence-corrected chi connectivity index (χ0v) is 12.0. The summed E-state index contributed by atoms with van der Waals surface area (Å²) in [6, 6.07) is 11.9. The van der Waals surface area contributed by atoms with Gasteiger partial charge in [0, 0.05) is 6.07 Å². The van der Waals surface area contributed by atoms with Crippen LogP contribution in [0.1, 0.15) is 31.9 Å². The van der Waals surface area contributed by atoms with Gasteiger partial charge in [0.05, 0.1) is 6.61 Å². The maximum Gasteiger partial charge on any atom is 0.130 e. The molecule has 106 valence electrons. The van der Waals surface area contributed by atoms with E-state index >= 15 is 0 Å². The van der Waals surface area contributed by atoms with Crippen molar-refractivity contribution in [3.05, 3.63) is 59.4 Å². The second-order valence-corrected chi connectivity index (χ2v) is 5.83. The Hall–Kier alpha value is -1.87. The third-order valence-corrected chi connectivity index (χ3v) is 3.07. The fourth-order valence-electron chi connectivity index (χ4n) is 1.93. The molecule has 2 aromatic carbocycles. The monoisotopic (exact) mass is 274 g/mol. The molecule has 0 atom stereocenters. The summed E-state index contributed by atoms with van der Waals surface area (Å²) in [4.78, 5) is 0. The van der Waals surface area contributed by atoms with Crippen LogP contribution in [0.2, 0.25) is 0 Å². The van der Waals surface area contributed by atoms with Crippen LogP contribution in [0, 0.1) is 5.82 Å². The van der Waals surface area contributed by atoms with E-state index in [4.69, 9.17) is 9.84 Å². The topological polar surface area (TPSA) is 29.5 Å². The molecule has 0 saturated carbocycles. The Labute approximate surface area is 118 Å². The molecule has 1 N–H and O–H groups in total. The highest BCUT2D eigenvalue weighted by molar-refractivity contribution is 5.36. The van der Waals surface area contributed by atoms with Gasteiger partial charge < -0.3 is 9.84 Å². The molecule has 2 aromatic rings. The van der Waals surface area contributed by atoms with Crippen molar-refractivity contribution in [3.63, 3.8) is 0 Å². The van der Waals surface area contributed by atoms with E-state index in [0.29, 0.717) is 17.1 Å². The Kier molecular flexibility index (Phi) is 4.09. The highest BCUT2D eigenvalue weighted by Crippen LogP contribution is 2.27. The van der Waals surface area contributed by atoms with Crippen molar-refractivity contribution in [2.75, 3.05) is 0 Å². The normalized spacial score (nSPS) is 11.4. The van der Waals surface area contributed by atoms with Crippen LogP contribution in [-0.2, 0) is 12.0 Å². The van der Waals surface area contributed by atoms with Gasteiger partial charge in [-0.2, -0.15) is 0 Å². The molecule has 0 fully saturated rings. The zero-order valence-electron chi connectivity index (χ0n) is 12.0. The average molecular weight is 274 g/mol. The molecule has 2 nitrogen and oxygen atoms in total. The Bertz CT molecular complexity index is 583. The van der Waals surface area contributed by atoms with Crippen molar-refractivity contribution in [1.82, 2.24) is 0 Å². The first-order chi connectivity index (χ1) is 9.38. The number of rotatable bonds is 3. The average Bonchev–Trinajstić information content (AvgIpc) is 2.37. The quantitative estimate of drug-likeness (QED) is 0.898. The molecule has 0 spiro atoms. The van der Waals surface area contributed by atoms with E-state index in [9.17, 15) is 4.39 Å². The Morgan fingerprint density at radius 3 is 2.20 bits per heavy atom. The summed E-state index contributed by atoms with van der Waals surface area (Å²) in [5, 5.41) is 9.06. The summed E-state index contributed by atoms with van der Waals surface area (Å²) in [7, 11) is 0. The predicted octanol–water partition coefficient (Wildman–Crippen LogP) is 4.41. The van der Waals surface area contributed by atoms with Crippen LogP contribution in [0.3, 0.4) is 0 Å². The van der Waals surface area contributed by atoms with Gasteiger partial charge in [-0.1, -0.05) is 32.9 Å². The van der Waals surface area contributed by atoms with Gasteiger partial charge in [0.25, 0.3) is 0 Å². The van der Waals surface area contributed by atoms with Gasteiger partial charge >= 0.3 is 0 Å². The SMILES string of the molecule is CC(C)(C)c1ccc(Oc2cc(F)cc(CO)c2)cc1. The number of halogens is 1. The lowest BCUT2D eigenvalue weighted by molar-refractivity contribution is 0.280. The lowest BCUT2D eigenvalue weighted by atomic mass is 9.87. The van der Waals surface area contributed by atoms with Gasteiger partial charge in [-0.05, 0) is 40.8 Å². The first-order valence-corrected chi connectivity index (χ1v) is 6.57. The molecular weight excluding hydrogens is 255 g/mol. The summed E-state index contributed by atoms with van der Waals surface area (Å²) >= 11 is 0. The van der Waals surface area contributed by atoms with Crippen LogP contribution in [0.4, 0.5) is 4.39 Å². The van der Waals surface area contributed by atoms with E-state index in [0.717, 1.165) is 0 Å². The molecule has 0 radical (unpaired) electrons. The van der Waals surface area contributed by atoms with Crippen molar-refractivity contribution in [1.29, 1.82) is 0 Å². The molecule has 0 unspecified atom stereocenters. The van der Waals surface area contributed by atoms with E-state index in [2.05, 4.69) is 20.8 Å². The molecule has 0 aliphatic rings. The van der Waals surface area contributed by atoms with Gasteiger partial charge in [0.1, 0.15) is 17.3 Å². The molecule has 0 aromatic heterocycles. The van der Waals surface area contributed by atoms with Crippen molar-refractivity contribution >= 4 is 0 Å². The van der Waals surface area contributed by atoms with Gasteiger partial charge in [0.2, 0.25) is 0 Å².